The van der Waals surface area contributed by atoms with Crippen LogP contribution in [-0.4, -0.2) is 22.1 Å². The van der Waals surface area contributed by atoms with Crippen LogP contribution in [0.3, 0.4) is 0 Å². The van der Waals surface area contributed by atoms with Gasteiger partial charge in [-0.3, -0.25) is 9.78 Å². The van der Waals surface area contributed by atoms with Crippen LogP contribution in [0.15, 0.2) is 53.9 Å². The van der Waals surface area contributed by atoms with Gasteiger partial charge in [-0.25, -0.2) is 5.43 Å². The van der Waals surface area contributed by atoms with E-state index < -0.39 is 0 Å². The molecule has 5 nitrogen and oxygen atoms in total. The Morgan fingerprint density at radius 3 is 2.83 bits per heavy atom. The summed E-state index contributed by atoms with van der Waals surface area (Å²) in [6, 6.07) is 11.6. The summed E-state index contributed by atoms with van der Waals surface area (Å²) in [7, 11) is 0. The van der Waals surface area contributed by atoms with E-state index in [0.717, 1.165) is 22.0 Å². The first-order valence-corrected chi connectivity index (χ1v) is 7.51. The van der Waals surface area contributed by atoms with Crippen LogP contribution in [0.4, 0.5) is 0 Å². The number of hydrazone groups is 1. The zero-order valence-electron chi connectivity index (χ0n) is 13.1. The summed E-state index contributed by atoms with van der Waals surface area (Å²) >= 11 is 0. The van der Waals surface area contributed by atoms with Gasteiger partial charge in [-0.05, 0) is 23.6 Å². The molecule has 0 aliphatic rings. The molecule has 0 spiro atoms. The first-order valence-electron chi connectivity index (χ1n) is 7.51. The number of benzene rings is 1. The number of nitrogens with one attached hydrogen (secondary N) is 2. The third kappa shape index (κ3) is 3.13. The second-order valence-electron chi connectivity index (χ2n) is 5.60. The molecule has 1 aromatic carbocycles. The maximum absolute atomic E-state index is 12.5. The van der Waals surface area contributed by atoms with Crippen molar-refractivity contribution < 1.29 is 4.79 Å². The van der Waals surface area contributed by atoms with Crippen LogP contribution in [0, 0.1) is 0 Å². The molecule has 0 fully saturated rings. The van der Waals surface area contributed by atoms with Crippen LogP contribution in [0.2, 0.25) is 0 Å². The van der Waals surface area contributed by atoms with Crippen molar-refractivity contribution in [3.05, 3.63) is 65.6 Å². The number of aromatic amines is 1. The van der Waals surface area contributed by atoms with Gasteiger partial charge >= 0.3 is 0 Å². The van der Waals surface area contributed by atoms with Crippen LogP contribution in [0.5, 0.6) is 0 Å². The van der Waals surface area contributed by atoms with Crippen LogP contribution in [0.25, 0.3) is 10.9 Å². The molecule has 2 heterocycles. The molecule has 2 N–H and O–H groups in total. The maximum Gasteiger partial charge on any atom is 0.288 e. The summed E-state index contributed by atoms with van der Waals surface area (Å²) in [5.41, 5.74) is 5.93. The lowest BCUT2D eigenvalue weighted by Gasteiger charge is -2.06. The maximum atomic E-state index is 12.5. The molecule has 116 valence electrons. The Hall–Kier alpha value is -2.95. The third-order valence-corrected chi connectivity index (χ3v) is 3.61. The fourth-order valence-corrected chi connectivity index (χ4v) is 2.62. The van der Waals surface area contributed by atoms with Gasteiger partial charge in [-0.15, -0.1) is 0 Å². The SMILES string of the molecule is CC(C)c1c(C(=O)N/N=C/c2cccnc2)[nH]c2ccccc12. The molecule has 2 aromatic heterocycles. The number of para-hydroxylation sites is 1. The number of carbonyl (C=O) groups is 1. The van der Waals surface area contributed by atoms with Crippen LogP contribution in [-0.2, 0) is 0 Å². The Kier molecular flexibility index (Phi) is 4.19. The number of H-pyrrole nitrogens is 1. The minimum absolute atomic E-state index is 0.231. The smallest absolute Gasteiger partial charge is 0.288 e. The number of amides is 1. The third-order valence-electron chi connectivity index (χ3n) is 3.61. The molecule has 0 atom stereocenters. The Balaban J connectivity index is 1.86. The first-order chi connectivity index (χ1) is 11.2. The second kappa shape index (κ2) is 6.44. The van der Waals surface area contributed by atoms with Crippen molar-refractivity contribution >= 4 is 23.0 Å². The van der Waals surface area contributed by atoms with E-state index in [-0.39, 0.29) is 11.8 Å². The van der Waals surface area contributed by atoms with E-state index in [2.05, 4.69) is 34.3 Å². The number of rotatable bonds is 4. The van der Waals surface area contributed by atoms with Gasteiger partial charge in [-0.1, -0.05) is 38.1 Å². The highest BCUT2D eigenvalue weighted by molar-refractivity contribution is 6.01. The van der Waals surface area contributed by atoms with Crippen LogP contribution < -0.4 is 5.43 Å². The van der Waals surface area contributed by atoms with E-state index in [0.29, 0.717) is 5.69 Å². The summed E-state index contributed by atoms with van der Waals surface area (Å²) < 4.78 is 0. The predicted molar refractivity (Wildman–Crippen MR) is 91.7 cm³/mol. The lowest BCUT2D eigenvalue weighted by molar-refractivity contribution is 0.0949. The molecule has 0 saturated carbocycles. The number of nitrogens with zero attached hydrogens (tertiary/aromatic N) is 2. The number of carbonyl (C=O) groups excluding carboxylic acids is 1. The fourth-order valence-electron chi connectivity index (χ4n) is 2.62. The standard InChI is InChI=1S/C18H18N4O/c1-12(2)16-14-7-3-4-8-15(14)21-17(16)18(23)22-20-11-13-6-5-9-19-10-13/h3-12,21H,1-2H3,(H,22,23)/b20-11+. The van der Waals surface area contributed by atoms with Gasteiger partial charge in [0.25, 0.3) is 5.91 Å². The quantitative estimate of drug-likeness (QED) is 0.572. The van der Waals surface area contributed by atoms with Gasteiger partial charge in [0, 0.05) is 28.9 Å². The minimum atomic E-state index is -0.245. The zero-order valence-corrected chi connectivity index (χ0v) is 13.1. The summed E-state index contributed by atoms with van der Waals surface area (Å²) in [5, 5.41) is 5.08. The van der Waals surface area contributed by atoms with Crippen molar-refractivity contribution in [2.75, 3.05) is 0 Å². The van der Waals surface area contributed by atoms with E-state index in [1.54, 1.807) is 18.6 Å². The molecule has 1 amide bonds. The molecule has 3 rings (SSSR count). The minimum Gasteiger partial charge on any atom is -0.350 e. The molecular formula is C18H18N4O. The predicted octanol–water partition coefficient (Wildman–Crippen LogP) is 3.45. The van der Waals surface area contributed by atoms with E-state index in [9.17, 15) is 4.79 Å². The van der Waals surface area contributed by atoms with Crippen molar-refractivity contribution in [1.29, 1.82) is 0 Å². The van der Waals surface area contributed by atoms with Gasteiger partial charge in [0.2, 0.25) is 0 Å². The van der Waals surface area contributed by atoms with Crippen LogP contribution in [0.1, 0.15) is 41.4 Å². The van der Waals surface area contributed by atoms with Crippen molar-refractivity contribution in [1.82, 2.24) is 15.4 Å². The van der Waals surface area contributed by atoms with Crippen molar-refractivity contribution in [2.24, 2.45) is 5.10 Å². The number of aromatic nitrogens is 2. The Morgan fingerprint density at radius 1 is 1.26 bits per heavy atom. The van der Waals surface area contributed by atoms with Gasteiger partial charge < -0.3 is 4.98 Å². The average molecular weight is 306 g/mol. The summed E-state index contributed by atoms with van der Waals surface area (Å²) in [6.45, 7) is 4.15. The van der Waals surface area contributed by atoms with E-state index >= 15 is 0 Å². The number of pyridine rings is 1. The summed E-state index contributed by atoms with van der Waals surface area (Å²) in [4.78, 5) is 19.7. The number of hydrogen-bond donors (Lipinski definition) is 2. The molecule has 0 bridgehead atoms. The first kappa shape index (κ1) is 15.0. The normalized spacial score (nSPS) is 11.4. The molecule has 0 aliphatic heterocycles. The molecule has 0 aliphatic carbocycles. The highest BCUT2D eigenvalue weighted by Crippen LogP contribution is 2.28. The van der Waals surface area contributed by atoms with Gasteiger partial charge in [0.15, 0.2) is 0 Å². The molecule has 3 aromatic rings. The van der Waals surface area contributed by atoms with E-state index in [4.69, 9.17) is 0 Å². The van der Waals surface area contributed by atoms with E-state index in [1.807, 2.05) is 36.4 Å². The van der Waals surface area contributed by atoms with Gasteiger partial charge in [0.1, 0.15) is 5.69 Å². The monoisotopic (exact) mass is 306 g/mol. The molecular weight excluding hydrogens is 288 g/mol. The lowest BCUT2D eigenvalue weighted by Crippen LogP contribution is -2.19. The molecule has 0 radical (unpaired) electrons. The Labute approximate surface area is 134 Å². The Bertz CT molecular complexity index is 850. The largest absolute Gasteiger partial charge is 0.350 e. The highest BCUT2D eigenvalue weighted by Gasteiger charge is 2.19. The molecule has 0 saturated heterocycles. The van der Waals surface area contributed by atoms with Crippen molar-refractivity contribution in [3.63, 3.8) is 0 Å². The lowest BCUT2D eigenvalue weighted by atomic mass is 9.99. The van der Waals surface area contributed by atoms with E-state index in [1.165, 1.54) is 0 Å². The fraction of sp³-hybridized carbons (Fsp3) is 0.167. The second-order valence-corrected chi connectivity index (χ2v) is 5.60. The molecule has 0 unspecified atom stereocenters. The number of fused-ring (bicyclic) bond motifs is 1. The van der Waals surface area contributed by atoms with Gasteiger partial charge in [0.05, 0.1) is 6.21 Å². The number of hydrogen-bond acceptors (Lipinski definition) is 3. The molecule has 23 heavy (non-hydrogen) atoms. The summed E-state index contributed by atoms with van der Waals surface area (Å²) in [5.74, 6) is -0.0146. The van der Waals surface area contributed by atoms with Gasteiger partial charge in [-0.2, -0.15) is 5.10 Å². The molecule has 5 heteroatoms. The topological polar surface area (TPSA) is 70.1 Å². The van der Waals surface area contributed by atoms with Crippen molar-refractivity contribution in [2.45, 2.75) is 19.8 Å². The van der Waals surface area contributed by atoms with Crippen molar-refractivity contribution in [3.8, 4) is 0 Å². The highest BCUT2D eigenvalue weighted by atomic mass is 16.2. The average Bonchev–Trinajstić information content (AvgIpc) is 2.95. The van der Waals surface area contributed by atoms with Crippen LogP contribution >= 0.6 is 0 Å². The summed E-state index contributed by atoms with van der Waals surface area (Å²) in [6.07, 6.45) is 4.94. The Morgan fingerprint density at radius 2 is 2.09 bits per heavy atom. The zero-order chi connectivity index (χ0) is 16.2.